The highest BCUT2D eigenvalue weighted by molar-refractivity contribution is 5.94. The summed E-state index contributed by atoms with van der Waals surface area (Å²) < 4.78 is 28.5. The Bertz CT molecular complexity index is 692. The van der Waals surface area contributed by atoms with Crippen LogP contribution in [0.1, 0.15) is 66.7 Å². The Kier molecular flexibility index (Phi) is 5.29. The molecule has 1 aromatic heterocycles. The number of carbonyl (C=O) groups excluding carboxylic acids is 1. The summed E-state index contributed by atoms with van der Waals surface area (Å²) in [6.45, 7) is 0. The van der Waals surface area contributed by atoms with Crippen LogP contribution in [-0.4, -0.2) is 38.7 Å². The van der Waals surface area contributed by atoms with Gasteiger partial charge in [0, 0.05) is 37.2 Å². The van der Waals surface area contributed by atoms with Gasteiger partial charge in [-0.2, -0.15) is 5.10 Å². The summed E-state index contributed by atoms with van der Waals surface area (Å²) in [5.74, 6) is -4.38. The predicted octanol–water partition coefficient (Wildman–Crippen LogP) is 2.70. The molecule has 26 heavy (non-hydrogen) atoms. The van der Waals surface area contributed by atoms with Gasteiger partial charge in [0.05, 0.1) is 6.42 Å². The van der Waals surface area contributed by atoms with E-state index in [4.69, 9.17) is 0 Å². The van der Waals surface area contributed by atoms with E-state index in [1.54, 1.807) is 11.7 Å². The molecule has 8 heteroatoms. The summed E-state index contributed by atoms with van der Waals surface area (Å²) >= 11 is 0. The summed E-state index contributed by atoms with van der Waals surface area (Å²) in [6, 6.07) is -0.655. The maximum absolute atomic E-state index is 13.4. The lowest BCUT2D eigenvalue weighted by molar-refractivity contribution is -0.138. The van der Waals surface area contributed by atoms with Crippen LogP contribution >= 0.6 is 0 Å². The van der Waals surface area contributed by atoms with Gasteiger partial charge in [-0.1, -0.05) is 0 Å². The van der Waals surface area contributed by atoms with Crippen molar-refractivity contribution in [2.24, 2.45) is 13.0 Å². The van der Waals surface area contributed by atoms with E-state index in [0.717, 1.165) is 36.9 Å². The summed E-state index contributed by atoms with van der Waals surface area (Å²) in [4.78, 5) is 24.0. The normalized spacial score (nSPS) is 21.0. The molecule has 2 aliphatic carbocycles. The molecule has 1 fully saturated rings. The smallest absolute Gasteiger partial charge is 0.305 e. The van der Waals surface area contributed by atoms with Crippen LogP contribution in [0, 0.1) is 5.92 Å². The van der Waals surface area contributed by atoms with Gasteiger partial charge in [-0.05, 0) is 44.4 Å². The molecule has 1 aromatic rings. The number of fused-ring (bicyclic) bond motifs is 1. The number of carbonyl (C=O) groups is 2. The monoisotopic (exact) mass is 369 g/mol. The number of rotatable bonds is 5. The zero-order valence-electron chi connectivity index (χ0n) is 14.9. The third-order valence-electron chi connectivity index (χ3n) is 5.62. The van der Waals surface area contributed by atoms with Gasteiger partial charge in [0.25, 0.3) is 5.91 Å². The van der Waals surface area contributed by atoms with Crippen molar-refractivity contribution in [2.75, 3.05) is 0 Å². The number of nitrogens with one attached hydrogen (secondary N) is 1. The third kappa shape index (κ3) is 4.04. The lowest BCUT2D eigenvalue weighted by Gasteiger charge is -2.33. The molecule has 0 bridgehead atoms. The highest BCUT2D eigenvalue weighted by Gasteiger charge is 2.39. The number of hydrogen-bond acceptors (Lipinski definition) is 3. The fourth-order valence-corrected chi connectivity index (χ4v) is 4.18. The van der Waals surface area contributed by atoms with Crippen LogP contribution in [0.25, 0.3) is 0 Å². The van der Waals surface area contributed by atoms with Crippen molar-refractivity contribution < 1.29 is 23.5 Å². The molecular formula is C18H25F2N3O3. The molecule has 1 amide bonds. The number of nitrogens with zero attached hydrogens (tertiary/aromatic N) is 2. The molecule has 2 N–H and O–H groups in total. The van der Waals surface area contributed by atoms with E-state index < -0.39 is 23.8 Å². The van der Waals surface area contributed by atoms with Crippen LogP contribution < -0.4 is 5.32 Å². The first-order chi connectivity index (χ1) is 12.3. The summed E-state index contributed by atoms with van der Waals surface area (Å²) in [6.07, 6.45) is 3.35. The second-order valence-electron chi connectivity index (χ2n) is 7.48. The van der Waals surface area contributed by atoms with Crippen molar-refractivity contribution in [2.45, 2.75) is 69.8 Å². The number of aryl methyl sites for hydroxylation is 1. The molecular weight excluding hydrogens is 344 g/mol. The number of carboxylic acids is 1. The lowest BCUT2D eigenvalue weighted by Crippen LogP contribution is -2.44. The summed E-state index contributed by atoms with van der Waals surface area (Å²) in [5, 5.41) is 16.3. The van der Waals surface area contributed by atoms with Crippen LogP contribution in [0.2, 0.25) is 0 Å². The van der Waals surface area contributed by atoms with Crippen molar-refractivity contribution in [3.63, 3.8) is 0 Å². The average molecular weight is 369 g/mol. The zero-order valence-corrected chi connectivity index (χ0v) is 14.9. The molecule has 1 saturated carbocycles. The number of aromatic nitrogens is 2. The van der Waals surface area contributed by atoms with Gasteiger partial charge in [0.1, 0.15) is 0 Å². The van der Waals surface area contributed by atoms with Crippen molar-refractivity contribution in [1.29, 1.82) is 0 Å². The first-order valence-electron chi connectivity index (χ1n) is 9.22. The number of halogens is 2. The molecule has 1 heterocycles. The SMILES string of the molecule is Cn1nc(C(=O)NC(CC(=O)O)C2CCC(F)(F)CC2)c2c1CCCC2. The van der Waals surface area contributed by atoms with Crippen LogP contribution in [0.4, 0.5) is 8.78 Å². The number of carboxylic acid groups (broad SMARTS) is 1. The van der Waals surface area contributed by atoms with Crippen LogP contribution in [0.5, 0.6) is 0 Å². The molecule has 144 valence electrons. The molecule has 0 aliphatic heterocycles. The van der Waals surface area contributed by atoms with E-state index in [1.165, 1.54) is 0 Å². The molecule has 3 rings (SSSR count). The minimum Gasteiger partial charge on any atom is -0.481 e. The van der Waals surface area contributed by atoms with Crippen molar-refractivity contribution in [3.8, 4) is 0 Å². The minimum absolute atomic E-state index is 0.214. The lowest BCUT2D eigenvalue weighted by atomic mass is 9.81. The Morgan fingerprint density at radius 1 is 1.31 bits per heavy atom. The number of aliphatic carboxylic acids is 1. The second kappa shape index (κ2) is 7.32. The topological polar surface area (TPSA) is 84.2 Å². The van der Waals surface area contributed by atoms with Gasteiger partial charge in [-0.15, -0.1) is 0 Å². The van der Waals surface area contributed by atoms with Crippen LogP contribution in [-0.2, 0) is 24.7 Å². The quantitative estimate of drug-likeness (QED) is 0.836. The molecule has 0 aromatic carbocycles. The Hall–Kier alpha value is -1.99. The molecule has 0 spiro atoms. The third-order valence-corrected chi connectivity index (χ3v) is 5.62. The van der Waals surface area contributed by atoms with Crippen LogP contribution in [0.15, 0.2) is 0 Å². The van der Waals surface area contributed by atoms with E-state index >= 15 is 0 Å². The number of amides is 1. The van der Waals surface area contributed by atoms with Gasteiger partial charge in [-0.3, -0.25) is 14.3 Å². The minimum atomic E-state index is -2.69. The molecule has 6 nitrogen and oxygen atoms in total. The standard InChI is InChI=1S/C18H25F2N3O3/c1-23-14-5-3-2-4-12(14)16(22-23)17(26)21-13(10-15(24)25)11-6-8-18(19,20)9-7-11/h11,13H,2-10H2,1H3,(H,21,26)(H,24,25). The highest BCUT2D eigenvalue weighted by Crippen LogP contribution is 2.38. The largest absolute Gasteiger partial charge is 0.481 e. The van der Waals surface area contributed by atoms with Gasteiger partial charge in [0.2, 0.25) is 5.92 Å². The predicted molar refractivity (Wildman–Crippen MR) is 90.3 cm³/mol. The highest BCUT2D eigenvalue weighted by atomic mass is 19.3. The first kappa shape index (κ1) is 18.8. The Balaban J connectivity index is 1.75. The Labute approximate surface area is 150 Å². The number of hydrogen-bond donors (Lipinski definition) is 2. The van der Waals surface area contributed by atoms with Crippen molar-refractivity contribution >= 4 is 11.9 Å². The zero-order chi connectivity index (χ0) is 18.9. The Morgan fingerprint density at radius 3 is 2.62 bits per heavy atom. The maximum atomic E-state index is 13.4. The van der Waals surface area contributed by atoms with Crippen molar-refractivity contribution in [1.82, 2.24) is 15.1 Å². The van der Waals surface area contributed by atoms with E-state index in [-0.39, 0.29) is 38.0 Å². The van der Waals surface area contributed by atoms with E-state index in [9.17, 15) is 23.5 Å². The van der Waals surface area contributed by atoms with Gasteiger partial charge in [0.15, 0.2) is 5.69 Å². The van der Waals surface area contributed by atoms with E-state index in [0.29, 0.717) is 5.69 Å². The molecule has 2 aliphatic rings. The molecule has 1 unspecified atom stereocenters. The fourth-order valence-electron chi connectivity index (χ4n) is 4.18. The Morgan fingerprint density at radius 2 is 1.96 bits per heavy atom. The van der Waals surface area contributed by atoms with Gasteiger partial charge < -0.3 is 10.4 Å². The first-order valence-corrected chi connectivity index (χ1v) is 9.22. The van der Waals surface area contributed by atoms with Gasteiger partial charge >= 0.3 is 5.97 Å². The van der Waals surface area contributed by atoms with Gasteiger partial charge in [-0.25, -0.2) is 8.78 Å². The van der Waals surface area contributed by atoms with E-state index in [1.807, 2.05) is 0 Å². The average Bonchev–Trinajstić information content (AvgIpc) is 2.91. The van der Waals surface area contributed by atoms with Crippen LogP contribution in [0.3, 0.4) is 0 Å². The molecule has 0 saturated heterocycles. The maximum Gasteiger partial charge on any atom is 0.305 e. The van der Waals surface area contributed by atoms with Crippen molar-refractivity contribution in [3.05, 3.63) is 17.0 Å². The van der Waals surface area contributed by atoms with E-state index in [2.05, 4.69) is 10.4 Å². The second-order valence-corrected chi connectivity index (χ2v) is 7.48. The molecule has 1 atom stereocenters. The summed E-state index contributed by atoms with van der Waals surface area (Å²) in [7, 11) is 1.80. The summed E-state index contributed by atoms with van der Waals surface area (Å²) in [5.41, 5.74) is 2.33. The fraction of sp³-hybridized carbons (Fsp3) is 0.722. The number of alkyl halides is 2. The molecule has 0 radical (unpaired) electrons.